The third kappa shape index (κ3) is 4.83. The Hall–Kier alpha value is -2.33. The Morgan fingerprint density at radius 3 is 2.52 bits per heavy atom. The average molecular weight is 359 g/mol. The molecule has 0 fully saturated rings. The second kappa shape index (κ2) is 8.17. The van der Waals surface area contributed by atoms with Crippen LogP contribution < -0.4 is 16.5 Å². The number of benzene rings is 2. The van der Waals surface area contributed by atoms with Crippen molar-refractivity contribution in [2.24, 2.45) is 5.92 Å². The number of halogens is 1. The van der Waals surface area contributed by atoms with E-state index in [1.807, 2.05) is 24.3 Å². The largest absolute Gasteiger partial charge is 0.398 e. The molecule has 0 radical (unpaired) electrons. The lowest BCUT2D eigenvalue weighted by Crippen LogP contribution is -2.38. The molecule has 25 heavy (non-hydrogen) atoms. The predicted octanol–water partition coefficient (Wildman–Crippen LogP) is 3.01. The van der Waals surface area contributed by atoms with Crippen molar-refractivity contribution in [1.29, 1.82) is 0 Å². The van der Waals surface area contributed by atoms with Gasteiger partial charge in [0.25, 0.3) is 5.91 Å². The first-order valence-electron chi connectivity index (χ1n) is 8.33. The van der Waals surface area contributed by atoms with Crippen molar-refractivity contribution < 1.29 is 10.2 Å². The molecule has 5 heteroatoms. The van der Waals surface area contributed by atoms with Gasteiger partial charge in [-0.25, -0.2) is 0 Å². The molecule has 132 valence electrons. The Labute approximate surface area is 153 Å². The van der Waals surface area contributed by atoms with Gasteiger partial charge in [-0.15, -0.1) is 0 Å². The van der Waals surface area contributed by atoms with Gasteiger partial charge in [-0.3, -0.25) is 10.2 Å². The molecule has 1 atom stereocenters. The van der Waals surface area contributed by atoms with E-state index in [-0.39, 0.29) is 11.9 Å². The third-order valence-electron chi connectivity index (χ3n) is 4.03. The maximum absolute atomic E-state index is 12.8. The zero-order valence-electron chi connectivity index (χ0n) is 14.8. The highest BCUT2D eigenvalue weighted by molar-refractivity contribution is 6.31. The van der Waals surface area contributed by atoms with Gasteiger partial charge < -0.3 is 11.1 Å². The number of anilines is 1. The van der Waals surface area contributed by atoms with Gasteiger partial charge in [0.05, 0.1) is 11.6 Å². The van der Waals surface area contributed by atoms with Crippen molar-refractivity contribution in [3.05, 3.63) is 64.2 Å². The normalized spacial score (nSPS) is 12.0. The fraction of sp³-hybridized carbons (Fsp3) is 0.300. The molecule has 0 aliphatic rings. The molecule has 2 rings (SSSR count). The van der Waals surface area contributed by atoms with Crippen LogP contribution in [0.1, 0.15) is 54.7 Å². The van der Waals surface area contributed by atoms with Crippen LogP contribution >= 0.6 is 11.6 Å². The Morgan fingerprint density at radius 2 is 1.92 bits per heavy atom. The Bertz CT molecular complexity index is 786. The van der Waals surface area contributed by atoms with Crippen molar-refractivity contribution in [3.8, 4) is 0 Å². The summed E-state index contributed by atoms with van der Waals surface area (Å²) in [4.78, 5) is 12.8. The second-order valence-corrected chi connectivity index (χ2v) is 7.07. The van der Waals surface area contributed by atoms with Gasteiger partial charge in [0.15, 0.2) is 5.71 Å². The summed E-state index contributed by atoms with van der Waals surface area (Å²) < 4.78 is 0. The van der Waals surface area contributed by atoms with Crippen molar-refractivity contribution >= 4 is 28.9 Å². The van der Waals surface area contributed by atoms with E-state index >= 15 is 0 Å². The zero-order valence-corrected chi connectivity index (χ0v) is 15.6. The van der Waals surface area contributed by atoms with Gasteiger partial charge in [0.1, 0.15) is 0 Å². The number of nitrogen functional groups attached to an aromatic ring is 1. The zero-order chi connectivity index (χ0) is 18.6. The Morgan fingerprint density at radius 1 is 1.24 bits per heavy atom. The Balaban J connectivity index is 2.30. The highest BCUT2D eigenvalue weighted by Crippen LogP contribution is 2.28. The SMILES string of the molecule is CC(=[NH2+])c1cc(C(=O)NC(CC(C)C)c2ccccc2Cl)ccc1N. The van der Waals surface area contributed by atoms with Gasteiger partial charge in [-0.2, -0.15) is 0 Å². The van der Waals surface area contributed by atoms with Crippen LogP contribution in [0.15, 0.2) is 42.5 Å². The monoisotopic (exact) mass is 358 g/mol. The van der Waals surface area contributed by atoms with E-state index in [1.165, 1.54) is 0 Å². The van der Waals surface area contributed by atoms with Crippen LogP contribution in [0.25, 0.3) is 0 Å². The standard InChI is InChI=1S/C20H24ClN3O/c1-12(2)10-19(15-6-4-5-7-17(15)21)24-20(25)14-8-9-18(23)16(11-14)13(3)22/h4-9,11-12,19,22H,10,23H2,1-3H3,(H,24,25)/p+1. The summed E-state index contributed by atoms with van der Waals surface area (Å²) >= 11 is 6.33. The fourth-order valence-corrected chi connectivity index (χ4v) is 3.04. The van der Waals surface area contributed by atoms with E-state index in [0.29, 0.717) is 33.5 Å². The molecule has 0 saturated carbocycles. The molecule has 1 unspecified atom stereocenters. The minimum absolute atomic E-state index is 0.162. The van der Waals surface area contributed by atoms with Gasteiger partial charge in [0, 0.05) is 23.2 Å². The van der Waals surface area contributed by atoms with Crippen LogP contribution in [0.2, 0.25) is 5.02 Å². The lowest BCUT2D eigenvalue weighted by Gasteiger charge is -2.22. The highest BCUT2D eigenvalue weighted by Gasteiger charge is 2.20. The summed E-state index contributed by atoms with van der Waals surface area (Å²) in [7, 11) is 0. The molecule has 2 aromatic carbocycles. The number of rotatable bonds is 6. The quantitative estimate of drug-likeness (QED) is 0.548. The van der Waals surface area contributed by atoms with E-state index < -0.39 is 0 Å². The van der Waals surface area contributed by atoms with Gasteiger partial charge in [-0.05, 0) is 42.2 Å². The maximum Gasteiger partial charge on any atom is 0.251 e. The Kier molecular flexibility index (Phi) is 6.21. The summed E-state index contributed by atoms with van der Waals surface area (Å²) in [5.41, 5.74) is 9.18. The van der Waals surface area contributed by atoms with Gasteiger partial charge in [-0.1, -0.05) is 43.6 Å². The number of carbonyl (C=O) groups excluding carboxylic acids is 1. The molecule has 2 aromatic rings. The molecule has 1 amide bonds. The van der Waals surface area contributed by atoms with Crippen molar-refractivity contribution in [3.63, 3.8) is 0 Å². The molecule has 4 nitrogen and oxygen atoms in total. The summed E-state index contributed by atoms with van der Waals surface area (Å²) in [5.74, 6) is 0.233. The molecule has 0 aromatic heterocycles. The van der Waals surface area contributed by atoms with E-state index in [2.05, 4.69) is 19.2 Å². The van der Waals surface area contributed by atoms with E-state index in [0.717, 1.165) is 12.0 Å². The minimum atomic E-state index is -0.173. The topological polar surface area (TPSA) is 80.7 Å². The van der Waals surface area contributed by atoms with Crippen molar-refractivity contribution in [2.75, 3.05) is 5.73 Å². The molecule has 0 bridgehead atoms. The van der Waals surface area contributed by atoms with Crippen LogP contribution in [-0.4, -0.2) is 11.6 Å². The maximum atomic E-state index is 12.8. The lowest BCUT2D eigenvalue weighted by molar-refractivity contribution is -0.113. The summed E-state index contributed by atoms with van der Waals surface area (Å²) in [5, 5.41) is 9.59. The fourth-order valence-electron chi connectivity index (χ4n) is 2.77. The summed E-state index contributed by atoms with van der Waals surface area (Å²) in [6.07, 6.45) is 0.791. The number of amides is 1. The molecule has 0 aliphatic carbocycles. The average Bonchev–Trinajstić information content (AvgIpc) is 2.54. The van der Waals surface area contributed by atoms with E-state index in [4.69, 9.17) is 22.7 Å². The van der Waals surface area contributed by atoms with Crippen LogP contribution in [0.5, 0.6) is 0 Å². The first kappa shape index (κ1) is 19.0. The first-order valence-corrected chi connectivity index (χ1v) is 8.71. The first-order chi connectivity index (χ1) is 11.8. The number of hydrogen-bond acceptors (Lipinski definition) is 2. The highest BCUT2D eigenvalue weighted by atomic mass is 35.5. The van der Waals surface area contributed by atoms with E-state index in [1.54, 1.807) is 25.1 Å². The smallest absolute Gasteiger partial charge is 0.251 e. The van der Waals surface area contributed by atoms with Gasteiger partial charge in [0.2, 0.25) is 0 Å². The molecular weight excluding hydrogens is 334 g/mol. The molecule has 5 N–H and O–H groups in total. The van der Waals surface area contributed by atoms with Crippen molar-refractivity contribution in [2.45, 2.75) is 33.2 Å². The summed E-state index contributed by atoms with van der Waals surface area (Å²) in [6, 6.07) is 12.6. The number of nitrogens with two attached hydrogens (primary N) is 2. The minimum Gasteiger partial charge on any atom is -0.398 e. The van der Waals surface area contributed by atoms with Crippen LogP contribution in [-0.2, 0) is 0 Å². The molecule has 0 spiro atoms. The molecule has 0 aliphatic heterocycles. The van der Waals surface area contributed by atoms with Gasteiger partial charge >= 0.3 is 0 Å². The summed E-state index contributed by atoms with van der Waals surface area (Å²) in [6.45, 7) is 5.99. The molecular formula is C20H25ClN3O+. The van der Waals surface area contributed by atoms with Crippen LogP contribution in [0.3, 0.4) is 0 Å². The molecule has 0 saturated heterocycles. The number of nitrogens with one attached hydrogen (secondary N) is 1. The number of hydrogen-bond donors (Lipinski definition) is 3. The molecule has 0 heterocycles. The van der Waals surface area contributed by atoms with Crippen LogP contribution in [0, 0.1) is 5.92 Å². The van der Waals surface area contributed by atoms with Crippen LogP contribution in [0.4, 0.5) is 5.69 Å². The lowest BCUT2D eigenvalue weighted by atomic mass is 9.96. The second-order valence-electron chi connectivity index (χ2n) is 6.66. The number of carbonyl (C=O) groups is 1. The van der Waals surface area contributed by atoms with Crippen molar-refractivity contribution in [1.82, 2.24) is 5.32 Å². The predicted molar refractivity (Wildman–Crippen MR) is 104 cm³/mol. The van der Waals surface area contributed by atoms with E-state index in [9.17, 15) is 4.79 Å². The third-order valence-corrected chi connectivity index (χ3v) is 4.38.